The lowest BCUT2D eigenvalue weighted by Gasteiger charge is -2.38. The molecule has 0 amide bonds. The van der Waals surface area contributed by atoms with Crippen LogP contribution < -0.4 is 9.64 Å². The third-order valence-corrected chi connectivity index (χ3v) is 7.58. The summed E-state index contributed by atoms with van der Waals surface area (Å²) in [5.41, 5.74) is 4.79. The molecule has 0 unspecified atom stereocenters. The first kappa shape index (κ1) is 22.9. The maximum Gasteiger partial charge on any atom is 0.225 e. The van der Waals surface area contributed by atoms with Gasteiger partial charge in [-0.15, -0.1) is 0 Å². The lowest BCUT2D eigenvalue weighted by molar-refractivity contribution is -0.0148. The second-order valence-corrected chi connectivity index (χ2v) is 10.3. The van der Waals surface area contributed by atoms with Crippen LogP contribution in [0.15, 0.2) is 60.8 Å². The van der Waals surface area contributed by atoms with Crippen molar-refractivity contribution in [2.75, 3.05) is 24.6 Å². The van der Waals surface area contributed by atoms with E-state index in [0.717, 1.165) is 49.9 Å². The van der Waals surface area contributed by atoms with Gasteiger partial charge >= 0.3 is 0 Å². The van der Waals surface area contributed by atoms with Gasteiger partial charge in [-0.25, -0.2) is 9.97 Å². The number of hydrogen-bond donors (Lipinski definition) is 0. The fraction of sp³-hybridized carbons (Fsp3) is 0.448. The standard InChI is InChI=1S/C29H35N3O2/c1-22-5-7-23(8-6-22)28(2,3)24-9-11-26(12-10-24)33-21-25-13-17-30-27(31-25)32-18-15-29(16-19-32)14-4-20-34-29/h5-13,17H,4,14-16,18-21H2,1-3H3. The van der Waals surface area contributed by atoms with Crippen LogP contribution in [-0.4, -0.2) is 35.3 Å². The van der Waals surface area contributed by atoms with E-state index in [1.807, 2.05) is 12.3 Å². The van der Waals surface area contributed by atoms with Crippen molar-refractivity contribution in [3.05, 3.63) is 83.2 Å². The summed E-state index contributed by atoms with van der Waals surface area (Å²) in [6.07, 6.45) is 6.33. The summed E-state index contributed by atoms with van der Waals surface area (Å²) in [6, 6.07) is 19.2. The van der Waals surface area contributed by atoms with Gasteiger partial charge in [0.15, 0.2) is 0 Å². The Labute approximate surface area is 203 Å². The zero-order valence-electron chi connectivity index (χ0n) is 20.6. The average molecular weight is 458 g/mol. The molecule has 5 rings (SSSR count). The van der Waals surface area contributed by atoms with Gasteiger partial charge in [-0.3, -0.25) is 0 Å². The summed E-state index contributed by atoms with van der Waals surface area (Å²) in [5.74, 6) is 1.64. The highest BCUT2D eigenvalue weighted by molar-refractivity contribution is 5.41. The Hall–Kier alpha value is -2.92. The van der Waals surface area contributed by atoms with E-state index in [1.54, 1.807) is 0 Å². The number of aromatic nitrogens is 2. The van der Waals surface area contributed by atoms with E-state index < -0.39 is 0 Å². The minimum atomic E-state index is -0.0651. The number of ether oxygens (including phenoxy) is 2. The van der Waals surface area contributed by atoms with Crippen LogP contribution in [0.25, 0.3) is 0 Å². The van der Waals surface area contributed by atoms with Gasteiger partial charge in [0.05, 0.1) is 11.3 Å². The Morgan fingerprint density at radius 1 is 0.941 bits per heavy atom. The first-order valence-electron chi connectivity index (χ1n) is 12.4. The quantitative estimate of drug-likeness (QED) is 0.465. The molecule has 0 aliphatic carbocycles. The van der Waals surface area contributed by atoms with Gasteiger partial charge in [0.25, 0.3) is 0 Å². The van der Waals surface area contributed by atoms with Crippen molar-refractivity contribution in [3.8, 4) is 5.75 Å². The number of aryl methyl sites for hydroxylation is 1. The van der Waals surface area contributed by atoms with Crippen molar-refractivity contribution in [2.24, 2.45) is 0 Å². The molecule has 2 saturated heterocycles. The molecule has 0 radical (unpaired) electrons. The van der Waals surface area contributed by atoms with Gasteiger partial charge in [-0.05, 0) is 61.9 Å². The molecule has 5 nitrogen and oxygen atoms in total. The smallest absolute Gasteiger partial charge is 0.225 e. The molecule has 0 N–H and O–H groups in total. The molecule has 0 saturated carbocycles. The minimum absolute atomic E-state index is 0.0651. The topological polar surface area (TPSA) is 47.5 Å². The Morgan fingerprint density at radius 2 is 1.62 bits per heavy atom. The van der Waals surface area contributed by atoms with E-state index >= 15 is 0 Å². The van der Waals surface area contributed by atoms with Gasteiger partial charge in [0.2, 0.25) is 5.95 Å². The van der Waals surface area contributed by atoms with E-state index in [4.69, 9.17) is 14.5 Å². The van der Waals surface area contributed by atoms with E-state index in [1.165, 1.54) is 29.5 Å². The van der Waals surface area contributed by atoms with Crippen LogP contribution in [0.4, 0.5) is 5.95 Å². The van der Waals surface area contributed by atoms with Crippen LogP contribution in [0.5, 0.6) is 5.75 Å². The number of benzene rings is 2. The molecular weight excluding hydrogens is 422 g/mol. The zero-order valence-corrected chi connectivity index (χ0v) is 20.6. The van der Waals surface area contributed by atoms with Gasteiger partial charge in [-0.1, -0.05) is 55.8 Å². The van der Waals surface area contributed by atoms with E-state index in [2.05, 4.69) is 79.2 Å². The molecule has 3 aromatic rings. The minimum Gasteiger partial charge on any atom is -0.487 e. The molecule has 2 aliphatic heterocycles. The third kappa shape index (κ3) is 4.80. The van der Waals surface area contributed by atoms with Crippen LogP contribution in [-0.2, 0) is 16.8 Å². The highest BCUT2D eigenvalue weighted by Gasteiger charge is 2.38. The fourth-order valence-electron chi connectivity index (χ4n) is 5.14. The van der Waals surface area contributed by atoms with Crippen molar-refractivity contribution >= 4 is 5.95 Å². The largest absolute Gasteiger partial charge is 0.487 e. The van der Waals surface area contributed by atoms with Crippen LogP contribution in [0, 0.1) is 6.92 Å². The molecule has 3 heterocycles. The van der Waals surface area contributed by atoms with Crippen molar-refractivity contribution < 1.29 is 9.47 Å². The first-order valence-corrected chi connectivity index (χ1v) is 12.4. The van der Waals surface area contributed by atoms with Gasteiger partial charge in [-0.2, -0.15) is 0 Å². The molecule has 5 heteroatoms. The number of rotatable bonds is 6. The summed E-state index contributed by atoms with van der Waals surface area (Å²) >= 11 is 0. The Balaban J connectivity index is 1.20. The summed E-state index contributed by atoms with van der Waals surface area (Å²) in [4.78, 5) is 11.6. The van der Waals surface area contributed by atoms with Crippen molar-refractivity contribution in [1.82, 2.24) is 9.97 Å². The van der Waals surface area contributed by atoms with E-state index in [-0.39, 0.29) is 11.0 Å². The van der Waals surface area contributed by atoms with Crippen LogP contribution >= 0.6 is 0 Å². The molecule has 2 fully saturated rings. The Kier molecular flexibility index (Phi) is 6.30. The lowest BCUT2D eigenvalue weighted by Crippen LogP contribution is -2.44. The van der Waals surface area contributed by atoms with Crippen LogP contribution in [0.3, 0.4) is 0 Å². The predicted octanol–water partition coefficient (Wildman–Crippen LogP) is 5.84. The SMILES string of the molecule is Cc1ccc(C(C)(C)c2ccc(OCc3ccnc(N4CCC5(CCCO5)CC4)n3)cc2)cc1. The molecule has 178 valence electrons. The maximum absolute atomic E-state index is 6.07. The molecule has 2 aromatic carbocycles. The summed E-state index contributed by atoms with van der Waals surface area (Å²) in [5, 5.41) is 0. The van der Waals surface area contributed by atoms with Crippen LogP contribution in [0.1, 0.15) is 61.9 Å². The molecule has 2 aliphatic rings. The summed E-state index contributed by atoms with van der Waals surface area (Å²) < 4.78 is 12.1. The maximum atomic E-state index is 6.07. The highest BCUT2D eigenvalue weighted by Crippen LogP contribution is 2.36. The molecule has 1 aromatic heterocycles. The van der Waals surface area contributed by atoms with Gasteiger partial charge < -0.3 is 14.4 Å². The fourth-order valence-corrected chi connectivity index (χ4v) is 5.14. The molecule has 34 heavy (non-hydrogen) atoms. The Bertz CT molecular complexity index is 1090. The monoisotopic (exact) mass is 457 g/mol. The third-order valence-electron chi connectivity index (χ3n) is 7.58. The second kappa shape index (κ2) is 9.38. The summed E-state index contributed by atoms with van der Waals surface area (Å²) in [7, 11) is 0. The molecular formula is C29H35N3O2. The molecule has 1 spiro atoms. The first-order chi connectivity index (χ1) is 16.4. The van der Waals surface area contributed by atoms with Gasteiger partial charge in [0, 0.05) is 31.3 Å². The number of anilines is 1. The number of nitrogens with zero attached hydrogens (tertiary/aromatic N) is 3. The average Bonchev–Trinajstić information content (AvgIpc) is 3.32. The summed E-state index contributed by atoms with van der Waals surface area (Å²) in [6.45, 7) is 9.88. The molecule has 0 bridgehead atoms. The Morgan fingerprint density at radius 3 is 2.26 bits per heavy atom. The highest BCUT2D eigenvalue weighted by atomic mass is 16.5. The number of piperidine rings is 1. The van der Waals surface area contributed by atoms with Gasteiger partial charge in [0.1, 0.15) is 12.4 Å². The zero-order chi connectivity index (χ0) is 23.6. The van der Waals surface area contributed by atoms with E-state index in [9.17, 15) is 0 Å². The second-order valence-electron chi connectivity index (χ2n) is 10.3. The van der Waals surface area contributed by atoms with Crippen LogP contribution in [0.2, 0.25) is 0 Å². The van der Waals surface area contributed by atoms with E-state index in [0.29, 0.717) is 6.61 Å². The van der Waals surface area contributed by atoms with Crippen molar-refractivity contribution in [1.29, 1.82) is 0 Å². The number of hydrogen-bond acceptors (Lipinski definition) is 5. The predicted molar refractivity (Wildman–Crippen MR) is 135 cm³/mol. The lowest BCUT2D eigenvalue weighted by atomic mass is 9.78. The molecule has 0 atom stereocenters. The normalized spacial score (nSPS) is 17.8. The van der Waals surface area contributed by atoms with Crippen molar-refractivity contribution in [2.45, 2.75) is 64.1 Å². The van der Waals surface area contributed by atoms with Crippen molar-refractivity contribution in [3.63, 3.8) is 0 Å².